The molecule has 0 radical (unpaired) electrons. The van der Waals surface area contributed by atoms with Crippen molar-refractivity contribution in [2.24, 2.45) is 0 Å². The van der Waals surface area contributed by atoms with Crippen LogP contribution in [-0.4, -0.2) is 8.42 Å². The molecule has 0 unspecified atom stereocenters. The molecule has 0 fully saturated rings. The summed E-state index contributed by atoms with van der Waals surface area (Å²) < 4.78 is 34.5. The summed E-state index contributed by atoms with van der Waals surface area (Å²) in [5.41, 5.74) is 1.00. The van der Waals surface area contributed by atoms with Crippen LogP contribution in [0.2, 0.25) is 0 Å². The van der Waals surface area contributed by atoms with Crippen LogP contribution in [-0.2, 0) is 12.6 Å². The summed E-state index contributed by atoms with van der Waals surface area (Å²) in [6.45, 7) is 3.95. The molecule has 0 spiro atoms. The molecule has 0 saturated carbocycles. The van der Waals surface area contributed by atoms with Crippen molar-refractivity contribution in [3.05, 3.63) is 63.7 Å². The second-order valence-corrected chi connectivity index (χ2v) is 10.7. The molecule has 2 aromatic carbocycles. The Morgan fingerprint density at radius 3 is 2.30 bits per heavy atom. The molecule has 0 atom stereocenters. The maximum absolute atomic E-state index is 12.5. The molecule has 2 aromatic rings. The van der Waals surface area contributed by atoms with Crippen LogP contribution in [0.1, 0.15) is 25.3 Å². The minimum atomic E-state index is -3.79. The van der Waals surface area contributed by atoms with Gasteiger partial charge in [0, 0.05) is 0 Å². The topological polar surface area (TPSA) is 43.4 Å². The maximum atomic E-state index is 12.5. The molecule has 122 valence electrons. The molecule has 0 aromatic heterocycles. The number of unbranched alkanes of at least 4 members (excludes halogenated alkanes) is 1. The van der Waals surface area contributed by atoms with E-state index in [1.807, 2.05) is 44.2 Å². The Balaban J connectivity index is 2.30. The normalized spacial score (nSPS) is 11.5. The van der Waals surface area contributed by atoms with Gasteiger partial charge in [-0.05, 0) is 0 Å². The van der Waals surface area contributed by atoms with E-state index in [1.165, 1.54) is 0 Å². The number of halogens is 1. The van der Waals surface area contributed by atoms with Gasteiger partial charge in [-0.15, -0.1) is 0 Å². The number of benzene rings is 2. The first-order valence-corrected chi connectivity index (χ1v) is 11.7. The molecular weight excluding hydrogens is 423 g/mol. The zero-order chi connectivity index (χ0) is 16.7. The number of aryl methyl sites for hydroxylation is 1. The van der Waals surface area contributed by atoms with E-state index in [0.29, 0.717) is 0 Å². The fourth-order valence-electron chi connectivity index (χ4n) is 1.69. The quantitative estimate of drug-likeness (QED) is 0.496. The molecule has 23 heavy (non-hydrogen) atoms. The van der Waals surface area contributed by atoms with Crippen molar-refractivity contribution in [1.29, 1.82) is 0 Å². The first kappa shape index (κ1) is 18.0. The number of hydrogen-bond acceptors (Lipinski definition) is 3. The van der Waals surface area contributed by atoms with Crippen LogP contribution in [0, 0.1) is 20.3 Å². The standard InChI is InChI=1S/C18H19IO3S/c1-3-4-8-15-19(17-9-6-5-7-10-17)22-23(20,21)18-13-11-16(2)12-14-18/h5-7,9-14H,3-4H2,1-2H3. The first-order chi connectivity index (χ1) is 11.0. The van der Waals surface area contributed by atoms with Crippen molar-refractivity contribution >= 4 is 30.4 Å². The van der Waals surface area contributed by atoms with Crippen molar-refractivity contribution in [3.63, 3.8) is 0 Å². The minimum absolute atomic E-state index is 0.179. The summed E-state index contributed by atoms with van der Waals surface area (Å²) >= 11 is -2.58. The van der Waals surface area contributed by atoms with Crippen molar-refractivity contribution in [2.45, 2.75) is 31.6 Å². The van der Waals surface area contributed by atoms with Crippen LogP contribution in [0.15, 0.2) is 59.5 Å². The summed E-state index contributed by atoms with van der Waals surface area (Å²) in [5.74, 6) is 3.05. The first-order valence-electron chi connectivity index (χ1n) is 7.28. The molecule has 0 heterocycles. The third-order valence-electron chi connectivity index (χ3n) is 2.91. The third kappa shape index (κ3) is 5.34. The van der Waals surface area contributed by atoms with Crippen molar-refractivity contribution in [1.82, 2.24) is 0 Å². The van der Waals surface area contributed by atoms with Crippen molar-refractivity contribution in [3.8, 4) is 9.85 Å². The van der Waals surface area contributed by atoms with Gasteiger partial charge in [0.1, 0.15) is 0 Å². The summed E-state index contributed by atoms with van der Waals surface area (Å²) in [6, 6.07) is 16.1. The van der Waals surface area contributed by atoms with E-state index in [-0.39, 0.29) is 4.90 Å². The molecule has 0 bridgehead atoms. The van der Waals surface area contributed by atoms with Gasteiger partial charge in [0.25, 0.3) is 0 Å². The Hall–Kier alpha value is -1.36. The van der Waals surface area contributed by atoms with E-state index in [1.54, 1.807) is 24.3 Å². The number of hydrogen-bond donors (Lipinski definition) is 0. The molecule has 0 N–H and O–H groups in total. The van der Waals surface area contributed by atoms with Crippen molar-refractivity contribution < 1.29 is 10.9 Å². The molecule has 0 amide bonds. The summed E-state index contributed by atoms with van der Waals surface area (Å²) in [7, 11) is -3.79. The van der Waals surface area contributed by atoms with Crippen LogP contribution in [0.4, 0.5) is 0 Å². The Kier molecular flexibility index (Phi) is 6.63. The van der Waals surface area contributed by atoms with E-state index in [4.69, 9.17) is 2.51 Å². The van der Waals surface area contributed by atoms with Gasteiger partial charge in [0.05, 0.1) is 0 Å². The van der Waals surface area contributed by atoms with Gasteiger partial charge >= 0.3 is 146 Å². The van der Waals surface area contributed by atoms with E-state index in [9.17, 15) is 8.42 Å². The number of rotatable bonds is 5. The summed E-state index contributed by atoms with van der Waals surface area (Å²) in [4.78, 5) is 0.179. The summed E-state index contributed by atoms with van der Waals surface area (Å²) in [5, 5.41) is 0. The monoisotopic (exact) mass is 442 g/mol. The fourth-order valence-corrected chi connectivity index (χ4v) is 7.44. The second-order valence-electron chi connectivity index (χ2n) is 4.90. The van der Waals surface area contributed by atoms with E-state index >= 15 is 0 Å². The van der Waals surface area contributed by atoms with Crippen LogP contribution in [0.5, 0.6) is 0 Å². The van der Waals surface area contributed by atoms with Gasteiger partial charge in [0.2, 0.25) is 0 Å². The predicted molar refractivity (Wildman–Crippen MR) is 101 cm³/mol. The van der Waals surface area contributed by atoms with Gasteiger partial charge in [-0.3, -0.25) is 0 Å². The Morgan fingerprint density at radius 2 is 1.70 bits per heavy atom. The van der Waals surface area contributed by atoms with Crippen LogP contribution in [0.3, 0.4) is 0 Å². The SMILES string of the molecule is CCCC#CI(OS(=O)(=O)c1ccc(C)cc1)c1ccccc1. The average molecular weight is 442 g/mol. The Labute approximate surface area is 146 Å². The molecule has 0 aliphatic carbocycles. The van der Waals surface area contributed by atoms with Gasteiger partial charge in [0.15, 0.2) is 0 Å². The molecule has 0 saturated heterocycles. The van der Waals surface area contributed by atoms with E-state index in [2.05, 4.69) is 9.85 Å². The van der Waals surface area contributed by atoms with Gasteiger partial charge in [-0.2, -0.15) is 0 Å². The predicted octanol–water partition coefficient (Wildman–Crippen LogP) is 4.75. The van der Waals surface area contributed by atoms with Crippen LogP contribution in [0.25, 0.3) is 0 Å². The summed E-state index contributed by atoms with van der Waals surface area (Å²) in [6.07, 6.45) is 1.69. The van der Waals surface area contributed by atoms with Crippen LogP contribution < -0.4 is 0 Å². The molecule has 0 aliphatic rings. The fraction of sp³-hybridized carbons (Fsp3) is 0.222. The zero-order valence-electron chi connectivity index (χ0n) is 13.1. The zero-order valence-corrected chi connectivity index (χ0v) is 16.1. The Bertz CT molecular complexity index is 788. The molecule has 3 nitrogen and oxygen atoms in total. The van der Waals surface area contributed by atoms with Gasteiger partial charge < -0.3 is 0 Å². The molecule has 0 aliphatic heterocycles. The van der Waals surface area contributed by atoms with E-state index < -0.39 is 30.4 Å². The van der Waals surface area contributed by atoms with Crippen molar-refractivity contribution in [2.75, 3.05) is 0 Å². The van der Waals surface area contributed by atoms with Gasteiger partial charge in [-0.1, -0.05) is 0 Å². The molecule has 5 heteroatoms. The molecular formula is C18H19IO3S. The Morgan fingerprint density at radius 1 is 1.04 bits per heavy atom. The average Bonchev–Trinajstić information content (AvgIpc) is 2.55. The van der Waals surface area contributed by atoms with Crippen LogP contribution >= 0.6 is 20.2 Å². The van der Waals surface area contributed by atoms with Gasteiger partial charge in [-0.25, -0.2) is 0 Å². The second kappa shape index (κ2) is 8.48. The van der Waals surface area contributed by atoms with E-state index in [0.717, 1.165) is 22.0 Å². The third-order valence-corrected chi connectivity index (χ3v) is 9.28. The molecule has 2 rings (SSSR count).